The summed E-state index contributed by atoms with van der Waals surface area (Å²) >= 11 is 8.47. The molecule has 0 aromatic heterocycles. The number of ether oxygens (including phenoxy) is 1. The highest BCUT2D eigenvalue weighted by Crippen LogP contribution is 2.33. The van der Waals surface area contributed by atoms with E-state index in [1.165, 1.54) is 5.56 Å². The van der Waals surface area contributed by atoms with Crippen LogP contribution in [0.15, 0.2) is 46.9 Å². The number of para-hydroxylation sites is 1. The third-order valence-corrected chi connectivity index (χ3v) is 4.37. The van der Waals surface area contributed by atoms with Gasteiger partial charge in [-0.3, -0.25) is 0 Å². The van der Waals surface area contributed by atoms with Gasteiger partial charge in [0.25, 0.3) is 0 Å². The molecule has 0 fully saturated rings. The normalized spacial score (nSPS) is 12.0. The van der Waals surface area contributed by atoms with Gasteiger partial charge < -0.3 is 10.5 Å². The predicted molar refractivity (Wildman–Crippen MR) is 95.3 cm³/mol. The fraction of sp³-hybridized carbons (Fsp3) is 0.235. The number of hydrogen-bond donors (Lipinski definition) is 1. The van der Waals surface area contributed by atoms with Crippen molar-refractivity contribution in [3.8, 4) is 11.5 Å². The lowest BCUT2D eigenvalue weighted by Crippen LogP contribution is -2.09. The smallest absolute Gasteiger partial charge is 0.130 e. The van der Waals surface area contributed by atoms with Crippen LogP contribution in [-0.2, 0) is 0 Å². The van der Waals surface area contributed by atoms with Crippen LogP contribution in [0.1, 0.15) is 37.3 Å². The molecule has 0 aliphatic rings. The molecule has 2 rings (SSSR count). The van der Waals surface area contributed by atoms with Gasteiger partial charge in [-0.1, -0.05) is 44.3 Å². The lowest BCUT2D eigenvalue weighted by Gasteiger charge is -2.16. The van der Waals surface area contributed by atoms with Gasteiger partial charge in [0.2, 0.25) is 0 Å². The summed E-state index contributed by atoms with van der Waals surface area (Å²) in [6, 6.07) is 13.8. The number of halogens is 1. The minimum atomic E-state index is 0.369. The molecule has 1 unspecified atom stereocenters. The Hall–Kier alpha value is -1.39. The molecule has 4 heteroatoms. The summed E-state index contributed by atoms with van der Waals surface area (Å²) in [6.45, 7) is 4.38. The molecular formula is C17H18BrNOS. The predicted octanol–water partition coefficient (Wildman–Crippen LogP) is 5.39. The molecule has 0 aliphatic heterocycles. The van der Waals surface area contributed by atoms with Crippen LogP contribution in [0, 0.1) is 0 Å². The Balaban J connectivity index is 2.31. The van der Waals surface area contributed by atoms with Gasteiger partial charge in [-0.2, -0.15) is 0 Å². The quantitative estimate of drug-likeness (QED) is 0.723. The van der Waals surface area contributed by atoms with E-state index in [1.807, 2.05) is 36.4 Å². The summed E-state index contributed by atoms with van der Waals surface area (Å²) in [5.74, 6) is 2.11. The minimum Gasteiger partial charge on any atom is -0.457 e. The molecule has 2 aromatic rings. The van der Waals surface area contributed by atoms with Crippen molar-refractivity contribution in [3.05, 3.63) is 58.1 Å². The molecule has 0 aliphatic carbocycles. The summed E-state index contributed by atoms with van der Waals surface area (Å²) < 4.78 is 6.88. The molecular weight excluding hydrogens is 346 g/mol. The highest BCUT2D eigenvalue weighted by Gasteiger charge is 2.11. The second-order valence-corrected chi connectivity index (χ2v) is 6.25. The Morgan fingerprint density at radius 3 is 2.62 bits per heavy atom. The van der Waals surface area contributed by atoms with E-state index >= 15 is 0 Å². The first-order chi connectivity index (χ1) is 10.0. The van der Waals surface area contributed by atoms with Crippen LogP contribution < -0.4 is 10.5 Å². The van der Waals surface area contributed by atoms with Crippen molar-refractivity contribution in [1.82, 2.24) is 0 Å². The van der Waals surface area contributed by atoms with Crippen LogP contribution in [-0.4, -0.2) is 4.99 Å². The molecule has 0 heterocycles. The van der Waals surface area contributed by atoms with Gasteiger partial charge in [-0.25, -0.2) is 0 Å². The first-order valence-corrected chi connectivity index (χ1v) is 8.09. The van der Waals surface area contributed by atoms with Crippen LogP contribution >= 0.6 is 28.1 Å². The monoisotopic (exact) mass is 363 g/mol. The Morgan fingerprint density at radius 2 is 2.00 bits per heavy atom. The van der Waals surface area contributed by atoms with Crippen molar-refractivity contribution in [2.75, 3.05) is 0 Å². The minimum absolute atomic E-state index is 0.369. The molecule has 0 radical (unpaired) electrons. The first-order valence-electron chi connectivity index (χ1n) is 6.89. The van der Waals surface area contributed by atoms with E-state index in [0.29, 0.717) is 10.9 Å². The summed E-state index contributed by atoms with van der Waals surface area (Å²) in [6.07, 6.45) is 1.07. The van der Waals surface area contributed by atoms with E-state index < -0.39 is 0 Å². The lowest BCUT2D eigenvalue weighted by molar-refractivity contribution is 0.470. The van der Waals surface area contributed by atoms with E-state index in [4.69, 9.17) is 22.7 Å². The summed E-state index contributed by atoms with van der Waals surface area (Å²) in [4.78, 5) is 0.369. The van der Waals surface area contributed by atoms with Crippen molar-refractivity contribution in [3.63, 3.8) is 0 Å². The van der Waals surface area contributed by atoms with E-state index in [0.717, 1.165) is 28.0 Å². The van der Waals surface area contributed by atoms with Crippen LogP contribution in [0.3, 0.4) is 0 Å². The number of rotatable bonds is 5. The number of nitrogens with two attached hydrogens (primary N) is 1. The van der Waals surface area contributed by atoms with Crippen molar-refractivity contribution < 1.29 is 4.74 Å². The molecule has 21 heavy (non-hydrogen) atoms. The molecule has 110 valence electrons. The number of benzene rings is 2. The SMILES string of the molecule is CCC(C)c1ccccc1Oc1ccc(C(N)=S)c(Br)c1. The van der Waals surface area contributed by atoms with E-state index in [9.17, 15) is 0 Å². The second-order valence-electron chi connectivity index (χ2n) is 4.96. The zero-order valence-electron chi connectivity index (χ0n) is 12.1. The van der Waals surface area contributed by atoms with Crippen LogP contribution in [0.2, 0.25) is 0 Å². The van der Waals surface area contributed by atoms with E-state index in [1.54, 1.807) is 0 Å². The molecule has 1 atom stereocenters. The molecule has 0 bridgehead atoms. The van der Waals surface area contributed by atoms with Gasteiger partial charge in [0, 0.05) is 10.0 Å². The maximum Gasteiger partial charge on any atom is 0.130 e. The summed E-state index contributed by atoms with van der Waals surface area (Å²) in [7, 11) is 0. The highest BCUT2D eigenvalue weighted by molar-refractivity contribution is 9.10. The Kier molecular flexibility index (Phi) is 5.37. The standard InChI is InChI=1S/C17H18BrNOS/c1-3-11(2)13-6-4-5-7-16(13)20-12-8-9-14(17(19)21)15(18)10-12/h4-11H,3H2,1-2H3,(H2,19,21). The summed E-state index contributed by atoms with van der Waals surface area (Å²) in [5.41, 5.74) is 7.69. The van der Waals surface area contributed by atoms with Crippen LogP contribution in [0.25, 0.3) is 0 Å². The summed E-state index contributed by atoms with van der Waals surface area (Å²) in [5, 5.41) is 0. The zero-order valence-corrected chi connectivity index (χ0v) is 14.5. The van der Waals surface area contributed by atoms with Gasteiger partial charge in [0.15, 0.2) is 0 Å². The zero-order chi connectivity index (χ0) is 15.4. The maximum absolute atomic E-state index is 6.03. The topological polar surface area (TPSA) is 35.2 Å². The molecule has 0 saturated carbocycles. The average molecular weight is 364 g/mol. The average Bonchev–Trinajstić information content (AvgIpc) is 2.46. The fourth-order valence-corrected chi connectivity index (χ4v) is 2.97. The van der Waals surface area contributed by atoms with E-state index in [-0.39, 0.29) is 0 Å². The first kappa shape index (κ1) is 16.0. The van der Waals surface area contributed by atoms with Gasteiger partial charge in [-0.05, 0) is 58.1 Å². The number of hydrogen-bond acceptors (Lipinski definition) is 2. The van der Waals surface area contributed by atoms with Crippen molar-refractivity contribution in [2.45, 2.75) is 26.2 Å². The third kappa shape index (κ3) is 3.83. The molecule has 2 nitrogen and oxygen atoms in total. The number of thiocarbonyl (C=S) groups is 1. The second kappa shape index (κ2) is 7.05. The van der Waals surface area contributed by atoms with Crippen LogP contribution in [0.4, 0.5) is 0 Å². The van der Waals surface area contributed by atoms with Gasteiger partial charge in [0.05, 0.1) is 0 Å². The van der Waals surface area contributed by atoms with Crippen molar-refractivity contribution >= 4 is 33.1 Å². The van der Waals surface area contributed by atoms with Crippen molar-refractivity contribution in [2.24, 2.45) is 5.73 Å². The third-order valence-electron chi connectivity index (χ3n) is 3.50. The van der Waals surface area contributed by atoms with Crippen LogP contribution in [0.5, 0.6) is 11.5 Å². The largest absolute Gasteiger partial charge is 0.457 e. The Bertz CT molecular complexity index is 657. The Labute approximate surface area is 139 Å². The van der Waals surface area contributed by atoms with Crippen molar-refractivity contribution in [1.29, 1.82) is 0 Å². The Morgan fingerprint density at radius 1 is 1.29 bits per heavy atom. The molecule has 2 aromatic carbocycles. The molecule has 2 N–H and O–H groups in total. The molecule has 0 amide bonds. The highest BCUT2D eigenvalue weighted by atomic mass is 79.9. The van der Waals surface area contributed by atoms with Gasteiger partial charge >= 0.3 is 0 Å². The van der Waals surface area contributed by atoms with E-state index in [2.05, 4.69) is 35.8 Å². The fourth-order valence-electron chi connectivity index (χ4n) is 2.09. The van der Waals surface area contributed by atoms with Gasteiger partial charge in [-0.15, -0.1) is 0 Å². The maximum atomic E-state index is 6.03. The molecule has 0 spiro atoms. The van der Waals surface area contributed by atoms with Gasteiger partial charge in [0.1, 0.15) is 16.5 Å². The molecule has 0 saturated heterocycles. The lowest BCUT2D eigenvalue weighted by atomic mass is 9.98.